The average Bonchev–Trinajstić information content (AvgIpc) is 2.91. The highest BCUT2D eigenvalue weighted by atomic mass is 35.5. The van der Waals surface area contributed by atoms with E-state index in [9.17, 15) is 13.2 Å². The summed E-state index contributed by atoms with van der Waals surface area (Å²) >= 11 is 5.84. The summed E-state index contributed by atoms with van der Waals surface area (Å²) in [6, 6.07) is 3.52. The Morgan fingerprint density at radius 1 is 1.43 bits per heavy atom. The number of hydrogen-bond acceptors (Lipinski definition) is 4. The minimum Gasteiger partial charge on any atom is -0.478 e. The summed E-state index contributed by atoms with van der Waals surface area (Å²) in [5.74, 6) is -1.22. The fourth-order valence-electron chi connectivity index (χ4n) is 1.66. The minimum atomic E-state index is -3.88. The van der Waals surface area contributed by atoms with Crippen LogP contribution < -0.4 is 4.72 Å². The molecule has 112 valence electrons. The van der Waals surface area contributed by atoms with Crippen LogP contribution in [0.4, 0.5) is 0 Å². The first-order chi connectivity index (χ1) is 9.90. The molecule has 0 saturated heterocycles. The standard InChI is InChI=1S/C12H12ClN3O4S/c13-10-2-1-8(12(17)18)5-11(10)21(19,20)16-4-3-9-6-14-7-15-9/h1-2,5-7,16H,3-4H2,(H,14,15)(H,17,18). The Kier molecular flexibility index (Phi) is 4.61. The van der Waals surface area contributed by atoms with Gasteiger partial charge in [0, 0.05) is 24.9 Å². The number of aromatic nitrogens is 2. The summed E-state index contributed by atoms with van der Waals surface area (Å²) in [5.41, 5.74) is 0.636. The van der Waals surface area contributed by atoms with Crippen LogP contribution in [-0.2, 0) is 16.4 Å². The van der Waals surface area contributed by atoms with Crippen molar-refractivity contribution in [2.24, 2.45) is 0 Å². The van der Waals surface area contributed by atoms with Crippen LogP contribution >= 0.6 is 11.6 Å². The molecular weight excluding hydrogens is 318 g/mol. The van der Waals surface area contributed by atoms with E-state index in [-0.39, 0.29) is 22.0 Å². The van der Waals surface area contributed by atoms with Gasteiger partial charge in [0.1, 0.15) is 4.90 Å². The molecule has 0 aliphatic heterocycles. The fourth-order valence-corrected chi connectivity index (χ4v) is 3.22. The predicted molar refractivity (Wildman–Crippen MR) is 75.9 cm³/mol. The predicted octanol–water partition coefficient (Wildman–Crippen LogP) is 1.28. The van der Waals surface area contributed by atoms with E-state index in [4.69, 9.17) is 16.7 Å². The second-order valence-corrected chi connectivity index (χ2v) is 6.32. The maximum absolute atomic E-state index is 12.1. The van der Waals surface area contributed by atoms with Crippen molar-refractivity contribution in [2.45, 2.75) is 11.3 Å². The lowest BCUT2D eigenvalue weighted by Gasteiger charge is -2.08. The van der Waals surface area contributed by atoms with Crippen LogP contribution in [0.1, 0.15) is 16.1 Å². The Morgan fingerprint density at radius 2 is 2.19 bits per heavy atom. The highest BCUT2D eigenvalue weighted by Crippen LogP contribution is 2.22. The first-order valence-corrected chi connectivity index (χ1v) is 7.76. The first kappa shape index (κ1) is 15.5. The van der Waals surface area contributed by atoms with Crippen molar-refractivity contribution >= 4 is 27.6 Å². The van der Waals surface area contributed by atoms with Crippen molar-refractivity contribution in [3.05, 3.63) is 47.0 Å². The van der Waals surface area contributed by atoms with E-state index < -0.39 is 16.0 Å². The Morgan fingerprint density at radius 3 is 2.81 bits per heavy atom. The van der Waals surface area contributed by atoms with E-state index in [1.165, 1.54) is 18.5 Å². The smallest absolute Gasteiger partial charge is 0.335 e. The third kappa shape index (κ3) is 3.81. The minimum absolute atomic E-state index is 0.0333. The van der Waals surface area contributed by atoms with Crippen LogP contribution in [0.15, 0.2) is 35.6 Å². The van der Waals surface area contributed by atoms with Gasteiger partial charge in [0.2, 0.25) is 10.0 Å². The van der Waals surface area contributed by atoms with Gasteiger partial charge in [-0.2, -0.15) is 0 Å². The van der Waals surface area contributed by atoms with E-state index in [0.29, 0.717) is 6.42 Å². The number of imidazole rings is 1. The molecule has 0 atom stereocenters. The maximum atomic E-state index is 12.1. The van der Waals surface area contributed by atoms with Crippen LogP contribution in [0.3, 0.4) is 0 Å². The second kappa shape index (κ2) is 6.25. The van der Waals surface area contributed by atoms with Crippen LogP contribution in [0, 0.1) is 0 Å². The van der Waals surface area contributed by atoms with E-state index >= 15 is 0 Å². The lowest BCUT2D eigenvalue weighted by molar-refractivity contribution is 0.0696. The number of carboxylic acid groups (broad SMARTS) is 1. The maximum Gasteiger partial charge on any atom is 0.335 e. The van der Waals surface area contributed by atoms with Crippen LogP contribution in [-0.4, -0.2) is 36.0 Å². The number of hydrogen-bond donors (Lipinski definition) is 3. The zero-order valence-electron chi connectivity index (χ0n) is 10.7. The monoisotopic (exact) mass is 329 g/mol. The second-order valence-electron chi connectivity index (χ2n) is 4.17. The highest BCUT2D eigenvalue weighted by Gasteiger charge is 2.19. The Labute approximate surface area is 126 Å². The number of H-pyrrole nitrogens is 1. The number of nitrogens with zero attached hydrogens (tertiary/aromatic N) is 1. The van der Waals surface area contributed by atoms with Crippen molar-refractivity contribution in [3.8, 4) is 0 Å². The van der Waals surface area contributed by atoms with Crippen molar-refractivity contribution in [3.63, 3.8) is 0 Å². The van der Waals surface area contributed by atoms with Gasteiger partial charge in [0.05, 0.1) is 16.9 Å². The molecular formula is C12H12ClN3O4S. The number of aromatic carboxylic acids is 1. The molecule has 0 radical (unpaired) electrons. The summed E-state index contributed by atoms with van der Waals surface area (Å²) in [6.07, 6.45) is 3.51. The molecule has 3 N–H and O–H groups in total. The molecule has 2 aromatic rings. The largest absolute Gasteiger partial charge is 0.478 e. The molecule has 0 bridgehead atoms. The van der Waals surface area contributed by atoms with Gasteiger partial charge >= 0.3 is 5.97 Å². The summed E-state index contributed by atoms with van der Waals surface area (Å²) in [5, 5.41) is 8.86. The van der Waals surface area contributed by atoms with Crippen molar-refractivity contribution < 1.29 is 18.3 Å². The summed E-state index contributed by atoms with van der Waals surface area (Å²) in [6.45, 7) is 0.137. The van der Waals surface area contributed by atoms with Gasteiger partial charge in [-0.05, 0) is 18.2 Å². The van der Waals surface area contributed by atoms with Crippen LogP contribution in [0.25, 0.3) is 0 Å². The van der Waals surface area contributed by atoms with Gasteiger partial charge in [-0.1, -0.05) is 11.6 Å². The molecule has 2 rings (SSSR count). The van der Waals surface area contributed by atoms with Gasteiger partial charge < -0.3 is 10.1 Å². The molecule has 21 heavy (non-hydrogen) atoms. The number of aromatic amines is 1. The molecule has 0 amide bonds. The van der Waals surface area contributed by atoms with E-state index in [0.717, 1.165) is 11.8 Å². The lowest BCUT2D eigenvalue weighted by atomic mass is 10.2. The van der Waals surface area contributed by atoms with Gasteiger partial charge in [-0.15, -0.1) is 0 Å². The molecule has 9 heteroatoms. The molecule has 0 aliphatic rings. The summed E-state index contributed by atoms with van der Waals surface area (Å²) in [7, 11) is -3.88. The molecule has 0 fully saturated rings. The molecule has 0 aliphatic carbocycles. The fraction of sp³-hybridized carbons (Fsp3) is 0.167. The quantitative estimate of drug-likeness (QED) is 0.739. The van der Waals surface area contributed by atoms with Gasteiger partial charge in [-0.25, -0.2) is 22.9 Å². The van der Waals surface area contributed by atoms with E-state index in [1.54, 1.807) is 6.20 Å². The number of carboxylic acids is 1. The number of halogens is 1. The summed E-state index contributed by atoms with van der Waals surface area (Å²) in [4.78, 5) is 17.3. The third-order valence-electron chi connectivity index (χ3n) is 2.71. The lowest BCUT2D eigenvalue weighted by Crippen LogP contribution is -2.26. The third-order valence-corrected chi connectivity index (χ3v) is 4.65. The number of nitrogens with one attached hydrogen (secondary N) is 2. The zero-order valence-corrected chi connectivity index (χ0v) is 12.3. The van der Waals surface area contributed by atoms with Crippen LogP contribution in [0.5, 0.6) is 0 Å². The zero-order chi connectivity index (χ0) is 15.5. The van der Waals surface area contributed by atoms with E-state index in [1.807, 2.05) is 0 Å². The highest BCUT2D eigenvalue weighted by molar-refractivity contribution is 7.89. The van der Waals surface area contributed by atoms with Gasteiger partial charge in [0.25, 0.3) is 0 Å². The number of sulfonamides is 1. The summed E-state index contributed by atoms with van der Waals surface area (Å²) < 4.78 is 26.7. The Balaban J connectivity index is 2.15. The molecule has 0 unspecified atom stereocenters. The first-order valence-electron chi connectivity index (χ1n) is 5.90. The molecule has 0 saturated carbocycles. The molecule has 7 nitrogen and oxygen atoms in total. The average molecular weight is 330 g/mol. The Hall–Kier alpha value is -1.90. The molecule has 0 spiro atoms. The molecule has 1 aromatic carbocycles. The molecule has 1 heterocycles. The SMILES string of the molecule is O=C(O)c1ccc(Cl)c(S(=O)(=O)NCCc2cnc[nH]2)c1. The van der Waals surface area contributed by atoms with Gasteiger partial charge in [-0.3, -0.25) is 0 Å². The van der Waals surface area contributed by atoms with Crippen molar-refractivity contribution in [1.82, 2.24) is 14.7 Å². The van der Waals surface area contributed by atoms with E-state index in [2.05, 4.69) is 14.7 Å². The number of carbonyl (C=O) groups is 1. The number of benzene rings is 1. The van der Waals surface area contributed by atoms with Crippen molar-refractivity contribution in [2.75, 3.05) is 6.54 Å². The Bertz CT molecular complexity index is 744. The topological polar surface area (TPSA) is 112 Å². The van der Waals surface area contributed by atoms with Gasteiger partial charge in [0.15, 0.2) is 0 Å². The van der Waals surface area contributed by atoms with Crippen LogP contribution in [0.2, 0.25) is 5.02 Å². The van der Waals surface area contributed by atoms with Crippen molar-refractivity contribution in [1.29, 1.82) is 0 Å². The number of rotatable bonds is 6. The normalized spacial score (nSPS) is 11.5. The molecule has 1 aromatic heterocycles.